The fourth-order valence-electron chi connectivity index (χ4n) is 1.92. The molecule has 0 bridgehead atoms. The summed E-state index contributed by atoms with van der Waals surface area (Å²) in [6.45, 7) is 16.4. The van der Waals surface area contributed by atoms with Crippen LogP contribution in [-0.2, 0) is 0 Å². The highest BCUT2D eigenvalue weighted by molar-refractivity contribution is 5.27. The molecule has 2 heteroatoms. The molecular weight excluding hydrogens is 296 g/mol. The SMILES string of the molecule is Cc1ccc(OC(C)(C)C)cc1.Cc1ccc(OC(C)(C)C)cc1. The minimum atomic E-state index is -0.102. The summed E-state index contributed by atoms with van der Waals surface area (Å²) < 4.78 is 11.3. The molecule has 0 aliphatic heterocycles. The Morgan fingerprint density at radius 1 is 0.500 bits per heavy atom. The van der Waals surface area contributed by atoms with E-state index in [1.165, 1.54) is 11.1 Å². The quantitative estimate of drug-likeness (QED) is 0.640. The molecule has 0 amide bonds. The van der Waals surface area contributed by atoms with E-state index < -0.39 is 0 Å². The van der Waals surface area contributed by atoms with Gasteiger partial charge >= 0.3 is 0 Å². The lowest BCUT2D eigenvalue weighted by atomic mass is 10.2. The van der Waals surface area contributed by atoms with Gasteiger partial charge in [0.2, 0.25) is 0 Å². The van der Waals surface area contributed by atoms with E-state index >= 15 is 0 Å². The second-order valence-electron chi connectivity index (χ2n) is 8.05. The maximum Gasteiger partial charge on any atom is 0.120 e. The van der Waals surface area contributed by atoms with E-state index in [1.54, 1.807) is 0 Å². The molecule has 132 valence electrons. The zero-order valence-corrected chi connectivity index (χ0v) is 16.4. The molecule has 0 spiro atoms. The smallest absolute Gasteiger partial charge is 0.120 e. The molecule has 0 saturated carbocycles. The number of benzene rings is 2. The molecule has 0 radical (unpaired) electrons. The van der Waals surface area contributed by atoms with Crippen molar-refractivity contribution in [3.63, 3.8) is 0 Å². The molecule has 0 aromatic heterocycles. The van der Waals surface area contributed by atoms with Gasteiger partial charge < -0.3 is 9.47 Å². The third-order valence-corrected chi connectivity index (χ3v) is 2.89. The van der Waals surface area contributed by atoms with Crippen molar-refractivity contribution in [3.8, 4) is 11.5 Å². The summed E-state index contributed by atoms with van der Waals surface area (Å²) in [6.07, 6.45) is 0. The van der Waals surface area contributed by atoms with Gasteiger partial charge in [0.1, 0.15) is 22.7 Å². The third-order valence-electron chi connectivity index (χ3n) is 2.89. The first-order chi connectivity index (χ1) is 10.9. The lowest BCUT2D eigenvalue weighted by Crippen LogP contribution is -2.22. The van der Waals surface area contributed by atoms with E-state index in [9.17, 15) is 0 Å². The van der Waals surface area contributed by atoms with Crippen LogP contribution in [0.15, 0.2) is 48.5 Å². The van der Waals surface area contributed by atoms with Crippen LogP contribution in [0.4, 0.5) is 0 Å². The largest absolute Gasteiger partial charge is 0.488 e. The Kier molecular flexibility index (Phi) is 6.89. The van der Waals surface area contributed by atoms with Crippen LogP contribution in [-0.4, -0.2) is 11.2 Å². The molecule has 2 nitrogen and oxygen atoms in total. The maximum absolute atomic E-state index is 5.66. The van der Waals surface area contributed by atoms with Gasteiger partial charge in [0.25, 0.3) is 0 Å². The molecule has 2 aromatic carbocycles. The summed E-state index contributed by atoms with van der Waals surface area (Å²) in [6, 6.07) is 16.2. The monoisotopic (exact) mass is 328 g/mol. The van der Waals surface area contributed by atoms with Crippen molar-refractivity contribution >= 4 is 0 Å². The summed E-state index contributed by atoms with van der Waals surface area (Å²) in [5.74, 6) is 1.88. The Hall–Kier alpha value is -1.96. The molecule has 2 aromatic rings. The second-order valence-corrected chi connectivity index (χ2v) is 8.05. The topological polar surface area (TPSA) is 18.5 Å². The van der Waals surface area contributed by atoms with Crippen LogP contribution in [0.3, 0.4) is 0 Å². The summed E-state index contributed by atoms with van der Waals surface area (Å²) >= 11 is 0. The van der Waals surface area contributed by atoms with E-state index in [2.05, 4.69) is 38.1 Å². The van der Waals surface area contributed by atoms with E-state index in [1.807, 2.05) is 65.8 Å². The fourth-order valence-corrected chi connectivity index (χ4v) is 1.92. The standard InChI is InChI=1S/2C11H16O/c2*1-9-5-7-10(8-6-9)12-11(2,3)4/h2*5-8H,1-4H3. The molecule has 0 unspecified atom stereocenters. The number of hydrogen-bond acceptors (Lipinski definition) is 2. The Bertz CT molecular complexity index is 539. The average Bonchev–Trinajstić information content (AvgIpc) is 2.42. The highest BCUT2D eigenvalue weighted by atomic mass is 16.5. The third kappa shape index (κ3) is 9.24. The van der Waals surface area contributed by atoms with Crippen LogP contribution in [0.2, 0.25) is 0 Å². The molecule has 0 heterocycles. The highest BCUT2D eigenvalue weighted by Gasteiger charge is 2.11. The van der Waals surface area contributed by atoms with Crippen molar-refractivity contribution in [3.05, 3.63) is 59.7 Å². The first kappa shape index (κ1) is 20.1. The highest BCUT2D eigenvalue weighted by Crippen LogP contribution is 2.18. The van der Waals surface area contributed by atoms with Crippen LogP contribution >= 0.6 is 0 Å². The van der Waals surface area contributed by atoms with E-state index in [-0.39, 0.29) is 11.2 Å². The van der Waals surface area contributed by atoms with Gasteiger partial charge in [-0.15, -0.1) is 0 Å². The Labute approximate surface area is 147 Å². The lowest BCUT2D eigenvalue weighted by molar-refractivity contribution is 0.130. The number of rotatable bonds is 2. The predicted molar refractivity (Wildman–Crippen MR) is 103 cm³/mol. The van der Waals surface area contributed by atoms with E-state index in [0.29, 0.717) is 0 Å². The van der Waals surface area contributed by atoms with Crippen molar-refractivity contribution in [1.29, 1.82) is 0 Å². The molecule has 0 aliphatic carbocycles. The fraction of sp³-hybridized carbons (Fsp3) is 0.455. The van der Waals surface area contributed by atoms with Crippen LogP contribution in [0.1, 0.15) is 52.7 Å². The number of ether oxygens (including phenoxy) is 2. The van der Waals surface area contributed by atoms with Gasteiger partial charge in [-0.05, 0) is 79.7 Å². The van der Waals surface area contributed by atoms with E-state index in [4.69, 9.17) is 9.47 Å². The number of hydrogen-bond donors (Lipinski definition) is 0. The summed E-state index contributed by atoms with van der Waals surface area (Å²) in [5.41, 5.74) is 2.32. The van der Waals surface area contributed by atoms with Gasteiger partial charge in [-0.2, -0.15) is 0 Å². The van der Waals surface area contributed by atoms with Gasteiger partial charge in [-0.3, -0.25) is 0 Å². The van der Waals surface area contributed by atoms with Crippen molar-refractivity contribution < 1.29 is 9.47 Å². The summed E-state index contributed by atoms with van der Waals surface area (Å²) in [7, 11) is 0. The van der Waals surface area contributed by atoms with Gasteiger partial charge in [-0.25, -0.2) is 0 Å². The first-order valence-electron chi connectivity index (χ1n) is 8.46. The zero-order chi connectivity index (χ0) is 18.4. The van der Waals surface area contributed by atoms with Gasteiger partial charge in [0.15, 0.2) is 0 Å². The predicted octanol–water partition coefficient (Wildman–Crippen LogP) is 6.34. The summed E-state index contributed by atoms with van der Waals surface area (Å²) in [5, 5.41) is 0. The minimum absolute atomic E-state index is 0.102. The lowest BCUT2D eigenvalue weighted by Gasteiger charge is -2.21. The Morgan fingerprint density at radius 2 is 0.750 bits per heavy atom. The van der Waals surface area contributed by atoms with Crippen LogP contribution in [0, 0.1) is 13.8 Å². The Morgan fingerprint density at radius 3 is 0.958 bits per heavy atom. The molecule has 0 atom stereocenters. The average molecular weight is 328 g/mol. The molecule has 0 saturated heterocycles. The van der Waals surface area contributed by atoms with Crippen molar-refractivity contribution in [2.75, 3.05) is 0 Å². The van der Waals surface area contributed by atoms with Crippen molar-refractivity contribution in [2.45, 2.75) is 66.6 Å². The van der Waals surface area contributed by atoms with Crippen LogP contribution in [0.5, 0.6) is 11.5 Å². The van der Waals surface area contributed by atoms with Crippen molar-refractivity contribution in [2.24, 2.45) is 0 Å². The molecule has 0 aliphatic rings. The van der Waals surface area contributed by atoms with Gasteiger partial charge in [0.05, 0.1) is 0 Å². The zero-order valence-electron chi connectivity index (χ0n) is 16.4. The maximum atomic E-state index is 5.66. The van der Waals surface area contributed by atoms with Gasteiger partial charge in [0, 0.05) is 0 Å². The van der Waals surface area contributed by atoms with Crippen LogP contribution < -0.4 is 9.47 Å². The van der Waals surface area contributed by atoms with Crippen LogP contribution in [0.25, 0.3) is 0 Å². The normalized spacial score (nSPS) is 11.3. The van der Waals surface area contributed by atoms with E-state index in [0.717, 1.165) is 11.5 Å². The van der Waals surface area contributed by atoms with Crippen molar-refractivity contribution in [1.82, 2.24) is 0 Å². The number of aryl methyl sites for hydroxylation is 2. The molecular formula is C22H32O2. The Balaban J connectivity index is 0.000000240. The molecule has 2 rings (SSSR count). The second kappa shape index (κ2) is 8.23. The first-order valence-corrected chi connectivity index (χ1v) is 8.46. The molecule has 0 N–H and O–H groups in total. The molecule has 0 fully saturated rings. The summed E-state index contributed by atoms with van der Waals surface area (Å²) in [4.78, 5) is 0. The van der Waals surface area contributed by atoms with Gasteiger partial charge in [-0.1, -0.05) is 35.4 Å². The molecule has 24 heavy (non-hydrogen) atoms. The minimum Gasteiger partial charge on any atom is -0.488 e.